The fourth-order valence-corrected chi connectivity index (χ4v) is 4.38. The second-order valence-electron chi connectivity index (χ2n) is 7.18. The summed E-state index contributed by atoms with van der Waals surface area (Å²) in [4.78, 5) is 24.5. The van der Waals surface area contributed by atoms with Crippen LogP contribution in [0.2, 0.25) is 0 Å². The van der Waals surface area contributed by atoms with Crippen molar-refractivity contribution in [3.05, 3.63) is 17.1 Å². The van der Waals surface area contributed by atoms with Crippen molar-refractivity contribution in [3.63, 3.8) is 0 Å². The molecule has 146 valence electrons. The van der Waals surface area contributed by atoms with Crippen LogP contribution in [0.15, 0.2) is 16.4 Å². The van der Waals surface area contributed by atoms with Crippen molar-refractivity contribution >= 4 is 23.8 Å². The van der Waals surface area contributed by atoms with Gasteiger partial charge in [-0.2, -0.15) is 0 Å². The summed E-state index contributed by atoms with van der Waals surface area (Å²) in [6, 6.07) is -0.118. The molecule has 1 atom stereocenters. The lowest BCUT2D eigenvalue weighted by molar-refractivity contribution is -0.139. The topological polar surface area (TPSA) is 98.1 Å². The molecule has 2 fully saturated rings. The number of carbonyl (C=O) groups excluding carboxylic acids is 2. The minimum atomic E-state index is -0.380. The molecule has 0 radical (unpaired) electrons. The molecule has 0 unspecified atom stereocenters. The smallest absolute Gasteiger partial charge is 0.337 e. The van der Waals surface area contributed by atoms with Gasteiger partial charge in [-0.1, -0.05) is 18.7 Å². The fourth-order valence-electron chi connectivity index (χ4n) is 3.39. The summed E-state index contributed by atoms with van der Waals surface area (Å²) in [6.07, 6.45) is 5.34. The molecule has 2 saturated carbocycles. The van der Waals surface area contributed by atoms with Crippen LogP contribution in [0.5, 0.6) is 0 Å². The highest BCUT2D eigenvalue weighted by Crippen LogP contribution is 2.46. The molecule has 1 aromatic heterocycles. The van der Waals surface area contributed by atoms with E-state index in [1.807, 2.05) is 6.92 Å². The van der Waals surface area contributed by atoms with Gasteiger partial charge in [0.15, 0.2) is 5.16 Å². The Morgan fingerprint density at radius 3 is 2.67 bits per heavy atom. The molecule has 1 aromatic rings. The van der Waals surface area contributed by atoms with Gasteiger partial charge in [0.1, 0.15) is 5.82 Å². The van der Waals surface area contributed by atoms with Crippen LogP contribution >= 0.6 is 11.8 Å². The molecule has 2 N–H and O–H groups in total. The van der Waals surface area contributed by atoms with E-state index < -0.39 is 0 Å². The van der Waals surface area contributed by atoms with Gasteiger partial charge >= 0.3 is 12.0 Å². The summed E-state index contributed by atoms with van der Waals surface area (Å²) in [5, 5.41) is 15.3. The molecule has 0 saturated heterocycles. The highest BCUT2D eigenvalue weighted by Gasteiger charge is 2.37. The maximum atomic E-state index is 12.5. The second-order valence-corrected chi connectivity index (χ2v) is 8.12. The Bertz CT molecular complexity index is 782. The minimum absolute atomic E-state index is 0.284. The largest absolute Gasteiger partial charge is 0.463 e. The highest BCUT2D eigenvalue weighted by molar-refractivity contribution is 7.99. The van der Waals surface area contributed by atoms with Crippen LogP contribution in [0.25, 0.3) is 0 Å². The van der Waals surface area contributed by atoms with Crippen LogP contribution in [0.3, 0.4) is 0 Å². The van der Waals surface area contributed by atoms with E-state index in [0.29, 0.717) is 42.0 Å². The van der Waals surface area contributed by atoms with Crippen molar-refractivity contribution in [2.75, 3.05) is 12.4 Å². The Morgan fingerprint density at radius 1 is 1.26 bits per heavy atom. The standard InChI is InChI=1S/C18H25N5O3S/c1-3-12-14(16(24)26-4-2)13(20-17(25)19-12)9-27-18-22-21-15(10-5-6-10)23(18)11-7-8-11/h10-12H,3-9H2,1-2H3,(H2,19,20,25)/t12-/m0/s1. The van der Waals surface area contributed by atoms with Crippen LogP contribution < -0.4 is 10.6 Å². The Hall–Kier alpha value is -2.03. The summed E-state index contributed by atoms with van der Waals surface area (Å²) in [7, 11) is 0. The van der Waals surface area contributed by atoms with Crippen LogP contribution in [0.1, 0.15) is 63.7 Å². The summed E-state index contributed by atoms with van der Waals surface area (Å²) < 4.78 is 7.49. The number of carbonyl (C=O) groups is 2. The quantitative estimate of drug-likeness (QED) is 0.522. The van der Waals surface area contributed by atoms with E-state index in [1.54, 1.807) is 6.92 Å². The van der Waals surface area contributed by atoms with E-state index in [1.165, 1.54) is 37.4 Å². The number of rotatable bonds is 8. The molecule has 0 spiro atoms. The van der Waals surface area contributed by atoms with Gasteiger partial charge < -0.3 is 19.9 Å². The van der Waals surface area contributed by atoms with E-state index in [9.17, 15) is 9.59 Å². The normalized spacial score (nSPS) is 22.4. The van der Waals surface area contributed by atoms with Gasteiger partial charge in [0.05, 0.1) is 18.2 Å². The first-order chi connectivity index (χ1) is 13.1. The number of ether oxygens (including phenoxy) is 1. The van der Waals surface area contributed by atoms with Crippen LogP contribution in [-0.4, -0.2) is 45.2 Å². The zero-order chi connectivity index (χ0) is 19.0. The Labute approximate surface area is 162 Å². The molecular formula is C18H25N5O3S. The minimum Gasteiger partial charge on any atom is -0.463 e. The second kappa shape index (κ2) is 7.53. The van der Waals surface area contributed by atoms with Gasteiger partial charge in [-0.3, -0.25) is 0 Å². The maximum Gasteiger partial charge on any atom is 0.337 e. The number of nitrogens with one attached hydrogen (secondary N) is 2. The molecular weight excluding hydrogens is 366 g/mol. The third kappa shape index (κ3) is 3.83. The Morgan fingerprint density at radius 2 is 2.04 bits per heavy atom. The third-order valence-electron chi connectivity index (χ3n) is 5.04. The molecule has 3 aliphatic rings. The maximum absolute atomic E-state index is 12.5. The molecule has 0 aromatic carbocycles. The average molecular weight is 391 g/mol. The first-order valence-corrected chi connectivity index (χ1v) is 10.7. The van der Waals surface area contributed by atoms with E-state index in [2.05, 4.69) is 25.4 Å². The number of thioether (sulfide) groups is 1. The number of esters is 1. The lowest BCUT2D eigenvalue weighted by Gasteiger charge is -2.28. The molecule has 1 aliphatic heterocycles. The van der Waals surface area contributed by atoms with Gasteiger partial charge in [-0.05, 0) is 39.0 Å². The Balaban J connectivity index is 1.57. The number of amides is 2. The fraction of sp³-hybridized carbons (Fsp3) is 0.667. The van der Waals surface area contributed by atoms with Crippen LogP contribution in [-0.2, 0) is 9.53 Å². The van der Waals surface area contributed by atoms with Gasteiger partial charge in [-0.15, -0.1) is 10.2 Å². The molecule has 4 rings (SSSR count). The first-order valence-electron chi connectivity index (χ1n) is 9.67. The van der Waals surface area contributed by atoms with Gasteiger partial charge in [0, 0.05) is 23.4 Å². The van der Waals surface area contributed by atoms with Crippen LogP contribution in [0.4, 0.5) is 4.79 Å². The molecule has 2 aliphatic carbocycles. The van der Waals surface area contributed by atoms with Crippen molar-refractivity contribution in [1.82, 2.24) is 25.4 Å². The number of nitrogens with zero attached hydrogens (tertiary/aromatic N) is 3. The zero-order valence-electron chi connectivity index (χ0n) is 15.7. The average Bonchev–Trinajstić information content (AvgIpc) is 3.58. The van der Waals surface area contributed by atoms with E-state index >= 15 is 0 Å². The van der Waals surface area contributed by atoms with Crippen molar-refractivity contribution in [2.45, 2.75) is 69.1 Å². The summed E-state index contributed by atoms with van der Waals surface area (Å²) >= 11 is 1.52. The van der Waals surface area contributed by atoms with E-state index in [0.717, 1.165) is 11.0 Å². The van der Waals surface area contributed by atoms with E-state index in [-0.39, 0.29) is 18.0 Å². The number of hydrogen-bond donors (Lipinski definition) is 2. The molecule has 27 heavy (non-hydrogen) atoms. The SMILES string of the molecule is CCOC(=O)C1=C(CSc2nnc(C3CC3)n2C2CC2)NC(=O)N[C@H]1CC. The zero-order valence-corrected chi connectivity index (χ0v) is 16.5. The van der Waals surface area contributed by atoms with Gasteiger partial charge in [0.2, 0.25) is 0 Å². The number of aromatic nitrogens is 3. The van der Waals surface area contributed by atoms with Crippen LogP contribution in [0, 0.1) is 0 Å². The van der Waals surface area contributed by atoms with Crippen molar-refractivity contribution in [2.24, 2.45) is 0 Å². The van der Waals surface area contributed by atoms with Crippen molar-refractivity contribution in [3.8, 4) is 0 Å². The van der Waals surface area contributed by atoms with Crippen molar-refractivity contribution in [1.29, 1.82) is 0 Å². The molecule has 9 heteroatoms. The lowest BCUT2D eigenvalue weighted by atomic mass is 10.0. The monoisotopic (exact) mass is 391 g/mol. The molecule has 8 nitrogen and oxygen atoms in total. The predicted octanol–water partition coefficient (Wildman–Crippen LogP) is 2.49. The molecule has 2 amide bonds. The van der Waals surface area contributed by atoms with E-state index in [4.69, 9.17) is 4.74 Å². The summed E-state index contributed by atoms with van der Waals surface area (Å²) in [5.41, 5.74) is 1.11. The first kappa shape index (κ1) is 18.3. The Kier molecular flexibility index (Phi) is 5.12. The predicted molar refractivity (Wildman–Crippen MR) is 100 cm³/mol. The molecule has 0 bridgehead atoms. The summed E-state index contributed by atoms with van der Waals surface area (Å²) in [6.45, 7) is 4.01. The lowest BCUT2D eigenvalue weighted by Crippen LogP contribution is -2.50. The summed E-state index contributed by atoms with van der Waals surface area (Å²) in [5.74, 6) is 1.72. The number of hydrogen-bond acceptors (Lipinski definition) is 6. The highest BCUT2D eigenvalue weighted by atomic mass is 32.2. The number of urea groups is 1. The van der Waals surface area contributed by atoms with Gasteiger partial charge in [-0.25, -0.2) is 9.59 Å². The van der Waals surface area contributed by atoms with Crippen molar-refractivity contribution < 1.29 is 14.3 Å². The van der Waals surface area contributed by atoms with Gasteiger partial charge in [0.25, 0.3) is 0 Å². The third-order valence-corrected chi connectivity index (χ3v) is 6.01. The molecule has 2 heterocycles.